The number of anilines is 1. The Bertz CT molecular complexity index is 541. The van der Waals surface area contributed by atoms with Gasteiger partial charge < -0.3 is 5.32 Å². The van der Waals surface area contributed by atoms with Gasteiger partial charge in [0.15, 0.2) is 0 Å². The number of benzene rings is 1. The zero-order chi connectivity index (χ0) is 13.0. The Morgan fingerprint density at radius 1 is 1.17 bits per heavy atom. The van der Waals surface area contributed by atoms with Crippen LogP contribution in [0.25, 0.3) is 11.3 Å². The van der Waals surface area contributed by atoms with Crippen molar-refractivity contribution in [2.75, 3.05) is 11.9 Å². The summed E-state index contributed by atoms with van der Waals surface area (Å²) in [5, 5.41) is 3.11. The van der Waals surface area contributed by atoms with Crippen molar-refractivity contribution in [1.82, 2.24) is 4.98 Å². The number of hydrogen-bond donors (Lipinski definition) is 1. The molecule has 0 aliphatic rings. The third-order valence-electron chi connectivity index (χ3n) is 2.51. The van der Waals surface area contributed by atoms with Gasteiger partial charge in [-0.15, -0.1) is 0 Å². The van der Waals surface area contributed by atoms with Crippen molar-refractivity contribution in [1.29, 1.82) is 0 Å². The molecule has 0 spiro atoms. The summed E-state index contributed by atoms with van der Waals surface area (Å²) in [5.74, 6) is -0.283. The molecule has 0 saturated carbocycles. The molecule has 2 rings (SSSR count). The fourth-order valence-corrected chi connectivity index (χ4v) is 1.63. The summed E-state index contributed by atoms with van der Waals surface area (Å²) >= 11 is 0. The predicted octanol–water partition coefficient (Wildman–Crippen LogP) is 3.85. The Labute approximate surface area is 105 Å². The van der Waals surface area contributed by atoms with Crippen molar-refractivity contribution in [2.45, 2.75) is 13.3 Å². The second-order valence-electron chi connectivity index (χ2n) is 3.96. The minimum atomic E-state index is -0.475. The second kappa shape index (κ2) is 5.58. The maximum atomic E-state index is 13.6. The summed E-state index contributed by atoms with van der Waals surface area (Å²) in [4.78, 5) is 4.26. The van der Waals surface area contributed by atoms with Crippen LogP contribution in [0.1, 0.15) is 13.3 Å². The first-order valence-electron chi connectivity index (χ1n) is 5.87. The Morgan fingerprint density at radius 3 is 2.78 bits per heavy atom. The number of halogens is 2. The molecular weight excluding hydrogens is 234 g/mol. The molecule has 0 atom stereocenters. The zero-order valence-corrected chi connectivity index (χ0v) is 10.1. The maximum absolute atomic E-state index is 13.6. The van der Waals surface area contributed by atoms with Crippen LogP contribution in [0, 0.1) is 11.6 Å². The van der Waals surface area contributed by atoms with Crippen molar-refractivity contribution in [3.63, 3.8) is 0 Å². The summed E-state index contributed by atoms with van der Waals surface area (Å²) in [6, 6.07) is 8.59. The fourth-order valence-electron chi connectivity index (χ4n) is 1.63. The van der Waals surface area contributed by atoms with E-state index in [1.807, 2.05) is 6.92 Å². The van der Waals surface area contributed by atoms with Crippen molar-refractivity contribution in [3.05, 3.63) is 48.0 Å². The second-order valence-corrected chi connectivity index (χ2v) is 3.96. The van der Waals surface area contributed by atoms with Crippen molar-refractivity contribution >= 4 is 5.82 Å². The van der Waals surface area contributed by atoms with Crippen LogP contribution in [0.15, 0.2) is 36.4 Å². The van der Waals surface area contributed by atoms with E-state index >= 15 is 0 Å². The van der Waals surface area contributed by atoms with Crippen LogP contribution >= 0.6 is 0 Å². The van der Waals surface area contributed by atoms with Gasteiger partial charge in [0.05, 0.1) is 5.69 Å². The summed E-state index contributed by atoms with van der Waals surface area (Å²) in [7, 11) is 0. The minimum Gasteiger partial charge on any atom is -0.370 e. The van der Waals surface area contributed by atoms with E-state index in [2.05, 4.69) is 10.3 Å². The molecule has 94 valence electrons. The maximum Gasteiger partial charge on any atom is 0.132 e. The third-order valence-corrected chi connectivity index (χ3v) is 2.51. The zero-order valence-electron chi connectivity index (χ0n) is 10.1. The normalized spacial score (nSPS) is 10.4. The summed E-state index contributed by atoms with van der Waals surface area (Å²) in [6.45, 7) is 2.84. The van der Waals surface area contributed by atoms with Gasteiger partial charge in [-0.2, -0.15) is 0 Å². The predicted molar refractivity (Wildman–Crippen MR) is 68.4 cm³/mol. The molecular formula is C14H14F2N2. The lowest BCUT2D eigenvalue weighted by Crippen LogP contribution is -2.02. The molecule has 0 aliphatic heterocycles. The average molecular weight is 248 g/mol. The molecule has 0 unspecified atom stereocenters. The van der Waals surface area contributed by atoms with Gasteiger partial charge in [-0.3, -0.25) is 0 Å². The lowest BCUT2D eigenvalue weighted by Gasteiger charge is -2.07. The van der Waals surface area contributed by atoms with Crippen LogP contribution in [0.2, 0.25) is 0 Å². The van der Waals surface area contributed by atoms with E-state index in [4.69, 9.17) is 0 Å². The molecule has 1 aromatic carbocycles. The standard InChI is InChI=1S/C14H14F2N2/c1-2-8-17-14-5-3-4-13(18-14)11-9-10(15)6-7-12(11)16/h3-7,9H,2,8H2,1H3,(H,17,18). The summed E-state index contributed by atoms with van der Waals surface area (Å²) in [5.41, 5.74) is 0.600. The van der Waals surface area contributed by atoms with Crippen LogP contribution in [-0.4, -0.2) is 11.5 Å². The van der Waals surface area contributed by atoms with Crippen LogP contribution in [0.5, 0.6) is 0 Å². The Morgan fingerprint density at radius 2 is 2.00 bits per heavy atom. The number of rotatable bonds is 4. The molecule has 0 saturated heterocycles. The number of aromatic nitrogens is 1. The average Bonchev–Trinajstić information content (AvgIpc) is 2.39. The van der Waals surface area contributed by atoms with Gasteiger partial charge >= 0.3 is 0 Å². The largest absolute Gasteiger partial charge is 0.370 e. The van der Waals surface area contributed by atoms with Crippen LogP contribution in [0.4, 0.5) is 14.6 Å². The third kappa shape index (κ3) is 2.83. The lowest BCUT2D eigenvalue weighted by molar-refractivity contribution is 0.602. The first kappa shape index (κ1) is 12.5. The minimum absolute atomic E-state index is 0.176. The van der Waals surface area contributed by atoms with E-state index < -0.39 is 11.6 Å². The van der Waals surface area contributed by atoms with Crippen molar-refractivity contribution in [3.8, 4) is 11.3 Å². The van der Waals surface area contributed by atoms with Crippen LogP contribution in [-0.2, 0) is 0 Å². The Balaban J connectivity index is 2.35. The molecule has 4 heteroatoms. The van der Waals surface area contributed by atoms with Gasteiger partial charge in [-0.05, 0) is 36.8 Å². The molecule has 2 nitrogen and oxygen atoms in total. The summed E-state index contributed by atoms with van der Waals surface area (Å²) in [6.07, 6.45) is 0.972. The quantitative estimate of drug-likeness (QED) is 0.889. The molecule has 0 radical (unpaired) electrons. The molecule has 1 aromatic heterocycles. The molecule has 0 bridgehead atoms. The van der Waals surface area contributed by atoms with E-state index in [0.717, 1.165) is 31.2 Å². The molecule has 1 N–H and O–H groups in total. The van der Waals surface area contributed by atoms with Gasteiger partial charge in [0.1, 0.15) is 17.5 Å². The van der Waals surface area contributed by atoms with E-state index in [-0.39, 0.29) is 5.56 Å². The van der Waals surface area contributed by atoms with Crippen molar-refractivity contribution < 1.29 is 8.78 Å². The highest BCUT2D eigenvalue weighted by molar-refractivity contribution is 5.62. The monoisotopic (exact) mass is 248 g/mol. The highest BCUT2D eigenvalue weighted by Crippen LogP contribution is 2.23. The first-order chi connectivity index (χ1) is 8.70. The van der Waals surface area contributed by atoms with Crippen molar-refractivity contribution in [2.24, 2.45) is 0 Å². The molecule has 18 heavy (non-hydrogen) atoms. The first-order valence-corrected chi connectivity index (χ1v) is 5.87. The van der Waals surface area contributed by atoms with E-state index in [1.54, 1.807) is 18.2 Å². The van der Waals surface area contributed by atoms with Gasteiger partial charge in [-0.25, -0.2) is 13.8 Å². The number of nitrogens with one attached hydrogen (secondary N) is 1. The number of nitrogens with zero attached hydrogens (tertiary/aromatic N) is 1. The Kier molecular flexibility index (Phi) is 3.87. The van der Waals surface area contributed by atoms with Gasteiger partial charge in [0.2, 0.25) is 0 Å². The number of pyridine rings is 1. The van der Waals surface area contributed by atoms with Gasteiger partial charge in [-0.1, -0.05) is 13.0 Å². The van der Waals surface area contributed by atoms with Crippen LogP contribution < -0.4 is 5.32 Å². The highest BCUT2D eigenvalue weighted by Gasteiger charge is 2.08. The highest BCUT2D eigenvalue weighted by atomic mass is 19.1. The molecule has 0 fully saturated rings. The fraction of sp³-hybridized carbons (Fsp3) is 0.214. The van der Waals surface area contributed by atoms with E-state index in [0.29, 0.717) is 11.5 Å². The Hall–Kier alpha value is -1.97. The van der Waals surface area contributed by atoms with E-state index in [9.17, 15) is 8.78 Å². The number of hydrogen-bond acceptors (Lipinski definition) is 2. The van der Waals surface area contributed by atoms with Gasteiger partial charge in [0, 0.05) is 12.1 Å². The molecule has 2 aromatic rings. The lowest BCUT2D eigenvalue weighted by atomic mass is 10.1. The molecule has 0 amide bonds. The van der Waals surface area contributed by atoms with E-state index in [1.165, 1.54) is 0 Å². The molecule has 0 aliphatic carbocycles. The summed E-state index contributed by atoms with van der Waals surface area (Å²) < 4.78 is 26.7. The topological polar surface area (TPSA) is 24.9 Å². The smallest absolute Gasteiger partial charge is 0.132 e. The van der Waals surface area contributed by atoms with Gasteiger partial charge in [0.25, 0.3) is 0 Å². The SMILES string of the molecule is CCCNc1cccc(-c2cc(F)ccc2F)n1. The van der Waals surface area contributed by atoms with Crippen LogP contribution in [0.3, 0.4) is 0 Å². The molecule has 1 heterocycles.